The molecule has 0 aliphatic heterocycles. The second-order valence-corrected chi connectivity index (χ2v) is 8.00. The predicted octanol–water partition coefficient (Wildman–Crippen LogP) is 3.86. The van der Waals surface area contributed by atoms with E-state index in [1.807, 2.05) is 25.3 Å². The highest BCUT2D eigenvalue weighted by molar-refractivity contribution is 8.00. The van der Waals surface area contributed by atoms with Gasteiger partial charge in [-0.25, -0.2) is 4.98 Å². The number of carbonyl (C=O) groups is 1. The summed E-state index contributed by atoms with van der Waals surface area (Å²) in [6, 6.07) is 6.91. The van der Waals surface area contributed by atoms with E-state index in [1.54, 1.807) is 29.9 Å². The smallest absolute Gasteiger partial charge is 0.272 e. The number of Topliss-reactive ketones (excluding diaryl/α,β-unsaturated/α-hetero) is 1. The maximum absolute atomic E-state index is 12.9. The van der Waals surface area contributed by atoms with E-state index in [-0.39, 0.29) is 11.3 Å². The molecule has 0 amide bonds. The van der Waals surface area contributed by atoms with E-state index >= 15 is 0 Å². The van der Waals surface area contributed by atoms with E-state index in [2.05, 4.69) is 4.98 Å². The molecule has 0 saturated heterocycles. The van der Waals surface area contributed by atoms with Crippen molar-refractivity contribution in [3.8, 4) is 11.5 Å². The van der Waals surface area contributed by atoms with Gasteiger partial charge in [0.1, 0.15) is 4.70 Å². The number of thiophene rings is 1. The maximum atomic E-state index is 12.9. The Kier molecular flexibility index (Phi) is 5.86. The summed E-state index contributed by atoms with van der Waals surface area (Å²) in [5, 5.41) is 1.99. The number of fused-ring (bicyclic) bond motifs is 1. The van der Waals surface area contributed by atoms with Crippen LogP contribution in [0, 0.1) is 0 Å². The molecule has 3 aromatic rings. The Morgan fingerprint density at radius 2 is 2.00 bits per heavy atom. The molecule has 1 unspecified atom stereocenters. The molecule has 0 aliphatic carbocycles. The molecule has 0 fully saturated rings. The van der Waals surface area contributed by atoms with E-state index in [9.17, 15) is 9.59 Å². The van der Waals surface area contributed by atoms with Crippen LogP contribution >= 0.6 is 23.1 Å². The minimum atomic E-state index is -0.413. The average molecular weight is 405 g/mol. The van der Waals surface area contributed by atoms with Crippen LogP contribution in [0.15, 0.2) is 39.6 Å². The summed E-state index contributed by atoms with van der Waals surface area (Å²) < 4.78 is 12.7. The number of rotatable bonds is 7. The van der Waals surface area contributed by atoms with Gasteiger partial charge in [0.05, 0.1) is 25.0 Å². The summed E-state index contributed by atoms with van der Waals surface area (Å²) in [6.45, 7) is 4.21. The normalized spacial score (nSPS) is 12.1. The first-order valence-electron chi connectivity index (χ1n) is 8.41. The summed E-state index contributed by atoms with van der Waals surface area (Å²) in [5.74, 6) is 1.01. The van der Waals surface area contributed by atoms with Crippen molar-refractivity contribution in [2.45, 2.75) is 30.8 Å². The maximum Gasteiger partial charge on any atom is 0.272 e. The van der Waals surface area contributed by atoms with Crippen LogP contribution in [-0.4, -0.2) is 34.8 Å². The van der Waals surface area contributed by atoms with Gasteiger partial charge in [-0.15, -0.1) is 11.3 Å². The van der Waals surface area contributed by atoms with Crippen LogP contribution in [0.3, 0.4) is 0 Å². The van der Waals surface area contributed by atoms with Gasteiger partial charge < -0.3 is 9.47 Å². The number of benzene rings is 1. The molecule has 0 aliphatic rings. The molecule has 1 atom stereocenters. The highest BCUT2D eigenvalue weighted by atomic mass is 32.2. The zero-order chi connectivity index (χ0) is 19.6. The molecule has 8 heteroatoms. The van der Waals surface area contributed by atoms with Crippen molar-refractivity contribution in [1.29, 1.82) is 0 Å². The molecular formula is C19H20N2O4S2. The van der Waals surface area contributed by atoms with Crippen LogP contribution in [0.1, 0.15) is 24.2 Å². The molecule has 0 radical (unpaired) electrons. The standard InChI is InChI=1S/C19H20N2O4S2/c1-5-21-18(23)17-13(8-9-26-17)20-19(21)27-11(2)16(22)12-6-7-14(24-3)15(10-12)25-4/h6-11H,5H2,1-4H3. The minimum absolute atomic E-state index is 0.0641. The molecule has 2 aromatic heterocycles. The number of nitrogens with zero attached hydrogens (tertiary/aromatic N) is 2. The Bertz CT molecular complexity index is 1040. The summed E-state index contributed by atoms with van der Waals surface area (Å²) in [7, 11) is 3.08. The second-order valence-electron chi connectivity index (χ2n) is 5.77. The van der Waals surface area contributed by atoms with Crippen LogP contribution in [0.5, 0.6) is 11.5 Å². The highest BCUT2D eigenvalue weighted by Crippen LogP contribution is 2.31. The molecule has 0 saturated carbocycles. The fraction of sp³-hybridized carbons (Fsp3) is 0.316. The van der Waals surface area contributed by atoms with Gasteiger partial charge in [-0.05, 0) is 43.5 Å². The topological polar surface area (TPSA) is 70.4 Å². The van der Waals surface area contributed by atoms with E-state index in [0.717, 1.165) is 0 Å². The molecular weight excluding hydrogens is 384 g/mol. The first kappa shape index (κ1) is 19.4. The lowest BCUT2D eigenvalue weighted by Crippen LogP contribution is -2.23. The molecule has 0 spiro atoms. The monoisotopic (exact) mass is 404 g/mol. The van der Waals surface area contributed by atoms with Crippen molar-refractivity contribution in [2.24, 2.45) is 0 Å². The lowest BCUT2D eigenvalue weighted by atomic mass is 10.1. The summed E-state index contributed by atoms with van der Waals surface area (Å²) in [4.78, 5) is 30.1. The Balaban J connectivity index is 1.91. The number of aromatic nitrogens is 2. The van der Waals surface area contributed by atoms with Gasteiger partial charge in [0, 0.05) is 12.1 Å². The number of carbonyl (C=O) groups excluding carboxylic acids is 1. The average Bonchev–Trinajstić information content (AvgIpc) is 3.15. The van der Waals surface area contributed by atoms with Gasteiger partial charge in [0.25, 0.3) is 5.56 Å². The van der Waals surface area contributed by atoms with Crippen LogP contribution in [0.4, 0.5) is 0 Å². The van der Waals surface area contributed by atoms with Gasteiger partial charge in [-0.1, -0.05) is 11.8 Å². The largest absolute Gasteiger partial charge is 0.493 e. The van der Waals surface area contributed by atoms with E-state index in [4.69, 9.17) is 9.47 Å². The van der Waals surface area contributed by atoms with Gasteiger partial charge in [0.15, 0.2) is 22.4 Å². The zero-order valence-corrected chi connectivity index (χ0v) is 17.1. The molecule has 2 heterocycles. The lowest BCUT2D eigenvalue weighted by molar-refractivity contribution is 0.0993. The first-order valence-corrected chi connectivity index (χ1v) is 10.2. The van der Waals surface area contributed by atoms with Crippen LogP contribution in [0.2, 0.25) is 0 Å². The Morgan fingerprint density at radius 3 is 2.67 bits per heavy atom. The fourth-order valence-corrected chi connectivity index (χ4v) is 4.56. The van der Waals surface area contributed by atoms with Gasteiger partial charge in [0.2, 0.25) is 0 Å². The number of thioether (sulfide) groups is 1. The fourth-order valence-electron chi connectivity index (χ4n) is 2.73. The van der Waals surface area contributed by atoms with Crippen molar-refractivity contribution >= 4 is 39.1 Å². The number of hydrogen-bond acceptors (Lipinski definition) is 7. The Morgan fingerprint density at radius 1 is 1.26 bits per heavy atom. The quantitative estimate of drug-likeness (QED) is 0.338. The van der Waals surface area contributed by atoms with Gasteiger partial charge in [-0.2, -0.15) is 0 Å². The number of ketones is 1. The number of ether oxygens (including phenoxy) is 2. The van der Waals surface area contributed by atoms with E-state index in [1.165, 1.54) is 30.2 Å². The van der Waals surface area contributed by atoms with Crippen LogP contribution in [0.25, 0.3) is 10.2 Å². The third kappa shape index (κ3) is 3.72. The summed E-state index contributed by atoms with van der Waals surface area (Å²) in [6.07, 6.45) is 0. The molecule has 1 aromatic carbocycles. The molecule has 142 valence electrons. The lowest BCUT2D eigenvalue weighted by Gasteiger charge is -2.15. The molecule has 0 N–H and O–H groups in total. The summed E-state index contributed by atoms with van der Waals surface area (Å²) >= 11 is 2.67. The number of hydrogen-bond donors (Lipinski definition) is 0. The van der Waals surface area contributed by atoms with Gasteiger partial charge >= 0.3 is 0 Å². The van der Waals surface area contributed by atoms with Crippen molar-refractivity contribution in [1.82, 2.24) is 9.55 Å². The first-order chi connectivity index (χ1) is 13.0. The third-order valence-corrected chi connectivity index (χ3v) is 6.15. The van der Waals surface area contributed by atoms with Crippen molar-refractivity contribution in [3.63, 3.8) is 0 Å². The third-order valence-electron chi connectivity index (χ3n) is 4.17. The minimum Gasteiger partial charge on any atom is -0.493 e. The second kappa shape index (κ2) is 8.14. The molecule has 0 bridgehead atoms. The molecule has 6 nitrogen and oxygen atoms in total. The van der Waals surface area contributed by atoms with Crippen LogP contribution < -0.4 is 15.0 Å². The van der Waals surface area contributed by atoms with Gasteiger partial charge in [-0.3, -0.25) is 14.2 Å². The van der Waals surface area contributed by atoms with E-state index in [0.29, 0.717) is 39.0 Å². The predicted molar refractivity (Wildman–Crippen MR) is 109 cm³/mol. The zero-order valence-electron chi connectivity index (χ0n) is 15.5. The molecule has 3 rings (SSSR count). The summed E-state index contributed by atoms with van der Waals surface area (Å²) in [5.41, 5.74) is 1.13. The number of methoxy groups -OCH3 is 2. The van der Waals surface area contributed by atoms with E-state index < -0.39 is 5.25 Å². The Labute approximate surface area is 165 Å². The van der Waals surface area contributed by atoms with Crippen molar-refractivity contribution in [3.05, 3.63) is 45.6 Å². The Hall–Kier alpha value is -2.32. The van der Waals surface area contributed by atoms with Crippen molar-refractivity contribution in [2.75, 3.05) is 14.2 Å². The highest BCUT2D eigenvalue weighted by Gasteiger charge is 2.21. The SMILES string of the molecule is CCn1c(SC(C)C(=O)c2ccc(OC)c(OC)c2)nc2ccsc2c1=O. The van der Waals surface area contributed by atoms with Crippen molar-refractivity contribution < 1.29 is 14.3 Å². The molecule has 27 heavy (non-hydrogen) atoms. The van der Waals surface area contributed by atoms with Crippen LogP contribution in [-0.2, 0) is 6.54 Å².